The summed E-state index contributed by atoms with van der Waals surface area (Å²) in [4.78, 5) is 0. The summed E-state index contributed by atoms with van der Waals surface area (Å²) in [6, 6.07) is 0. The van der Waals surface area contributed by atoms with Crippen molar-refractivity contribution in [3.05, 3.63) is 0 Å². The minimum atomic E-state index is 0. The standard InChI is InChI=1S/C6H12.C5H10.2CH4/c1-6(2)4-3-5-6;1-5(2)3-4-5;;/h3-5H2,1-2H3;3-4H2,1-2H3;2*1H4. The molecule has 0 heterocycles. The number of hydrogen-bond acceptors (Lipinski definition) is 0. The van der Waals surface area contributed by atoms with Crippen LogP contribution in [0.2, 0.25) is 0 Å². The summed E-state index contributed by atoms with van der Waals surface area (Å²) in [5, 5.41) is 0. The fourth-order valence-corrected chi connectivity index (χ4v) is 1.13. The SMILES string of the molecule is C.C.CC1(C)CC1.CC1(C)CCC1. The molecule has 0 nitrogen and oxygen atoms in total. The maximum Gasteiger partial charge on any atom is -0.0354 e. The molecule has 0 unspecified atom stereocenters. The third kappa shape index (κ3) is 7.10. The molecule has 2 saturated carbocycles. The Kier molecular flexibility index (Phi) is 5.98. The zero-order valence-corrected chi connectivity index (χ0v) is 8.54. The molecule has 2 rings (SSSR count). The Hall–Kier alpha value is 0. The maximum atomic E-state index is 2.33. The molecule has 0 aromatic heterocycles. The lowest BCUT2D eigenvalue weighted by molar-refractivity contribution is 0.190. The van der Waals surface area contributed by atoms with Gasteiger partial charge in [0.05, 0.1) is 0 Å². The van der Waals surface area contributed by atoms with Crippen molar-refractivity contribution in [2.75, 3.05) is 0 Å². The minimum Gasteiger partial charge on any atom is -0.0776 e. The molecule has 82 valence electrons. The number of hydrogen-bond donors (Lipinski definition) is 0. The normalized spacial score (nSPS) is 24.9. The monoisotopic (exact) mass is 186 g/mol. The summed E-state index contributed by atoms with van der Waals surface area (Å²) in [5.74, 6) is 0. The van der Waals surface area contributed by atoms with Gasteiger partial charge in [-0.05, 0) is 36.5 Å². The van der Waals surface area contributed by atoms with Gasteiger partial charge < -0.3 is 0 Å². The zero-order chi connectivity index (χ0) is 8.54. The Balaban J connectivity index is 0. The van der Waals surface area contributed by atoms with Crippen LogP contribution in [0.25, 0.3) is 0 Å². The molecule has 13 heavy (non-hydrogen) atoms. The summed E-state index contributed by atoms with van der Waals surface area (Å²) in [6.07, 6.45) is 7.27. The molecule has 0 aromatic rings. The first-order valence-corrected chi connectivity index (χ1v) is 4.91. The van der Waals surface area contributed by atoms with Crippen LogP contribution in [0.4, 0.5) is 0 Å². The van der Waals surface area contributed by atoms with Gasteiger partial charge in [-0.2, -0.15) is 0 Å². The second kappa shape index (κ2) is 5.02. The van der Waals surface area contributed by atoms with Crippen LogP contribution in [0.3, 0.4) is 0 Å². The summed E-state index contributed by atoms with van der Waals surface area (Å²) in [5.41, 5.74) is 1.47. The van der Waals surface area contributed by atoms with Crippen LogP contribution in [0.5, 0.6) is 0 Å². The molecular formula is C13H30. The van der Waals surface area contributed by atoms with E-state index in [1.165, 1.54) is 32.1 Å². The Morgan fingerprint density at radius 1 is 0.615 bits per heavy atom. The van der Waals surface area contributed by atoms with Crippen molar-refractivity contribution < 1.29 is 0 Å². The highest BCUT2D eigenvalue weighted by Crippen LogP contribution is 2.43. The Morgan fingerprint density at radius 2 is 0.769 bits per heavy atom. The molecule has 0 saturated heterocycles. The van der Waals surface area contributed by atoms with E-state index in [4.69, 9.17) is 0 Å². The maximum absolute atomic E-state index is 2.33. The summed E-state index contributed by atoms with van der Waals surface area (Å²) in [6.45, 7) is 9.26. The molecule has 0 N–H and O–H groups in total. The molecule has 0 spiro atoms. The lowest BCUT2D eigenvalue weighted by Gasteiger charge is -2.33. The van der Waals surface area contributed by atoms with E-state index in [0.29, 0.717) is 0 Å². The molecule has 0 aromatic carbocycles. The molecular weight excluding hydrogens is 156 g/mol. The molecule has 2 fully saturated rings. The van der Waals surface area contributed by atoms with Gasteiger partial charge in [0.15, 0.2) is 0 Å². The van der Waals surface area contributed by atoms with Crippen molar-refractivity contribution in [2.45, 2.75) is 74.7 Å². The molecule has 0 amide bonds. The van der Waals surface area contributed by atoms with Gasteiger partial charge in [-0.25, -0.2) is 0 Å². The largest absolute Gasteiger partial charge is 0.0776 e. The predicted molar refractivity (Wildman–Crippen MR) is 64.1 cm³/mol. The first-order valence-electron chi connectivity index (χ1n) is 4.91. The van der Waals surface area contributed by atoms with Crippen LogP contribution in [0.1, 0.15) is 74.7 Å². The second-order valence-corrected chi connectivity index (χ2v) is 5.68. The van der Waals surface area contributed by atoms with Crippen LogP contribution < -0.4 is 0 Å². The van der Waals surface area contributed by atoms with Crippen LogP contribution in [0, 0.1) is 10.8 Å². The summed E-state index contributed by atoms with van der Waals surface area (Å²) in [7, 11) is 0. The highest BCUT2D eigenvalue weighted by atomic mass is 14.4. The van der Waals surface area contributed by atoms with Crippen LogP contribution >= 0.6 is 0 Å². The Bertz CT molecular complexity index is 119. The van der Waals surface area contributed by atoms with Gasteiger partial charge in [0, 0.05) is 0 Å². The van der Waals surface area contributed by atoms with Crippen molar-refractivity contribution in [3.63, 3.8) is 0 Å². The van der Waals surface area contributed by atoms with E-state index in [1.807, 2.05) is 0 Å². The van der Waals surface area contributed by atoms with E-state index in [9.17, 15) is 0 Å². The van der Waals surface area contributed by atoms with E-state index >= 15 is 0 Å². The van der Waals surface area contributed by atoms with Crippen molar-refractivity contribution in [1.82, 2.24) is 0 Å². The molecule has 2 aliphatic carbocycles. The highest BCUT2D eigenvalue weighted by molar-refractivity contribution is 4.82. The van der Waals surface area contributed by atoms with E-state index < -0.39 is 0 Å². The van der Waals surface area contributed by atoms with Gasteiger partial charge in [-0.1, -0.05) is 49.0 Å². The Labute approximate surface area is 86.1 Å². The third-order valence-electron chi connectivity index (χ3n) is 2.96. The quantitative estimate of drug-likeness (QED) is 0.483. The third-order valence-corrected chi connectivity index (χ3v) is 2.96. The summed E-state index contributed by atoms with van der Waals surface area (Å²) >= 11 is 0. The van der Waals surface area contributed by atoms with Gasteiger partial charge >= 0.3 is 0 Å². The van der Waals surface area contributed by atoms with Crippen LogP contribution in [-0.2, 0) is 0 Å². The molecule has 0 bridgehead atoms. The lowest BCUT2D eigenvalue weighted by atomic mass is 9.72. The smallest absolute Gasteiger partial charge is 0.0354 e. The average Bonchev–Trinajstić information content (AvgIpc) is 2.44. The molecule has 0 aliphatic heterocycles. The molecule has 2 aliphatic rings. The summed E-state index contributed by atoms with van der Waals surface area (Å²) < 4.78 is 0. The van der Waals surface area contributed by atoms with E-state index in [2.05, 4.69) is 27.7 Å². The molecule has 0 heteroatoms. The van der Waals surface area contributed by atoms with Gasteiger partial charge in [0.25, 0.3) is 0 Å². The van der Waals surface area contributed by atoms with Crippen LogP contribution in [0.15, 0.2) is 0 Å². The van der Waals surface area contributed by atoms with Crippen molar-refractivity contribution in [2.24, 2.45) is 10.8 Å². The fraction of sp³-hybridized carbons (Fsp3) is 1.00. The number of rotatable bonds is 0. The van der Waals surface area contributed by atoms with Gasteiger partial charge in [-0.3, -0.25) is 0 Å². The van der Waals surface area contributed by atoms with Gasteiger partial charge in [0.2, 0.25) is 0 Å². The Morgan fingerprint density at radius 3 is 0.769 bits per heavy atom. The fourth-order valence-electron chi connectivity index (χ4n) is 1.13. The first kappa shape index (κ1) is 15.5. The first-order chi connectivity index (χ1) is 4.91. The molecule has 0 atom stereocenters. The highest BCUT2D eigenvalue weighted by Gasteiger charge is 2.30. The zero-order valence-electron chi connectivity index (χ0n) is 8.54. The van der Waals surface area contributed by atoms with Crippen molar-refractivity contribution >= 4 is 0 Å². The minimum absolute atomic E-state index is 0. The van der Waals surface area contributed by atoms with Crippen molar-refractivity contribution in [1.29, 1.82) is 0 Å². The van der Waals surface area contributed by atoms with E-state index in [1.54, 1.807) is 0 Å². The average molecular weight is 186 g/mol. The topological polar surface area (TPSA) is 0 Å². The second-order valence-electron chi connectivity index (χ2n) is 5.68. The van der Waals surface area contributed by atoms with Crippen LogP contribution in [-0.4, -0.2) is 0 Å². The van der Waals surface area contributed by atoms with E-state index in [0.717, 1.165) is 10.8 Å². The van der Waals surface area contributed by atoms with E-state index in [-0.39, 0.29) is 14.9 Å². The molecule has 0 radical (unpaired) electrons. The van der Waals surface area contributed by atoms with Gasteiger partial charge in [0.1, 0.15) is 0 Å². The van der Waals surface area contributed by atoms with Gasteiger partial charge in [-0.15, -0.1) is 0 Å². The van der Waals surface area contributed by atoms with Crippen molar-refractivity contribution in [3.8, 4) is 0 Å². The predicted octanol–water partition coefficient (Wildman–Crippen LogP) is 5.28. The lowest BCUT2D eigenvalue weighted by Crippen LogP contribution is -2.20.